The lowest BCUT2D eigenvalue weighted by Crippen LogP contribution is -2.44. The predicted octanol–water partition coefficient (Wildman–Crippen LogP) is 1.39. The molecule has 0 bridgehead atoms. The second-order valence-electron chi connectivity index (χ2n) is 5.84. The van der Waals surface area contributed by atoms with Crippen molar-refractivity contribution in [2.24, 2.45) is 0 Å². The first-order valence-electron chi connectivity index (χ1n) is 6.69. The van der Waals surface area contributed by atoms with Crippen LogP contribution in [0.5, 0.6) is 0 Å². The molecule has 20 heavy (non-hydrogen) atoms. The van der Waals surface area contributed by atoms with Gasteiger partial charge in [0.25, 0.3) is 0 Å². The van der Waals surface area contributed by atoms with Crippen molar-refractivity contribution in [3.05, 3.63) is 12.7 Å². The fraction of sp³-hybridized carbons (Fsp3) is 0.786. The van der Waals surface area contributed by atoms with Crippen molar-refractivity contribution < 1.29 is 28.5 Å². The molecule has 0 saturated carbocycles. The Morgan fingerprint density at radius 1 is 1.15 bits per heavy atom. The van der Waals surface area contributed by atoms with E-state index in [0.29, 0.717) is 13.2 Å². The van der Waals surface area contributed by atoms with Gasteiger partial charge < -0.3 is 23.7 Å². The molecule has 2 aliphatic heterocycles. The highest BCUT2D eigenvalue weighted by Gasteiger charge is 2.47. The maximum absolute atomic E-state index is 11.5. The molecule has 6 heteroatoms. The van der Waals surface area contributed by atoms with E-state index in [1.54, 1.807) is 0 Å². The predicted molar refractivity (Wildman–Crippen MR) is 69.9 cm³/mol. The summed E-state index contributed by atoms with van der Waals surface area (Å²) in [6, 6.07) is 0. The monoisotopic (exact) mass is 286 g/mol. The Balaban J connectivity index is 2.09. The highest BCUT2D eigenvalue weighted by atomic mass is 16.8. The molecular formula is C14H22O6. The second kappa shape index (κ2) is 5.44. The van der Waals surface area contributed by atoms with Crippen molar-refractivity contribution in [2.75, 3.05) is 13.2 Å². The largest absolute Gasteiger partial charge is 0.453 e. The van der Waals surface area contributed by atoms with Gasteiger partial charge in [0.2, 0.25) is 0 Å². The molecule has 0 aliphatic carbocycles. The summed E-state index contributed by atoms with van der Waals surface area (Å²) in [6.07, 6.45) is -0.258. The molecule has 2 aliphatic rings. The summed E-state index contributed by atoms with van der Waals surface area (Å²) in [5.41, 5.74) is 0. The molecule has 0 aromatic rings. The molecular weight excluding hydrogens is 264 g/mol. The standard InChI is InChI=1S/C14H22O6/c1-6-11(15)18-12(9-7-16-13(2,3)19-9)10-8-17-14(4,5)20-10/h6,9-10,12H,1,7-8H2,2-5H3/t9-,10+,12+. The van der Waals surface area contributed by atoms with Crippen molar-refractivity contribution in [3.8, 4) is 0 Å². The van der Waals surface area contributed by atoms with E-state index < -0.39 is 35.9 Å². The fourth-order valence-corrected chi connectivity index (χ4v) is 2.33. The minimum Gasteiger partial charge on any atom is -0.453 e. The first-order valence-corrected chi connectivity index (χ1v) is 6.69. The number of ether oxygens (including phenoxy) is 5. The Kier molecular flexibility index (Phi) is 4.20. The topological polar surface area (TPSA) is 63.2 Å². The van der Waals surface area contributed by atoms with Crippen LogP contribution in [0.3, 0.4) is 0 Å². The van der Waals surface area contributed by atoms with Gasteiger partial charge in [-0.1, -0.05) is 6.58 Å². The van der Waals surface area contributed by atoms with Crippen LogP contribution >= 0.6 is 0 Å². The molecule has 0 unspecified atom stereocenters. The number of carbonyl (C=O) groups is 1. The lowest BCUT2D eigenvalue weighted by atomic mass is 10.1. The van der Waals surface area contributed by atoms with Crippen molar-refractivity contribution in [3.63, 3.8) is 0 Å². The van der Waals surface area contributed by atoms with Crippen LogP contribution < -0.4 is 0 Å². The Morgan fingerprint density at radius 2 is 1.60 bits per heavy atom. The molecule has 0 spiro atoms. The number of carbonyl (C=O) groups excluding carboxylic acids is 1. The minimum atomic E-state index is -0.696. The quantitative estimate of drug-likeness (QED) is 0.575. The average molecular weight is 286 g/mol. The SMILES string of the molecule is C=CC(=O)O[C@H]([C@@H]1COC(C)(C)O1)[C@H]1COC(C)(C)O1. The summed E-state index contributed by atoms with van der Waals surface area (Å²) < 4.78 is 28.0. The van der Waals surface area contributed by atoms with Gasteiger partial charge in [-0.25, -0.2) is 4.79 Å². The normalized spacial score (nSPS) is 32.8. The number of hydrogen-bond donors (Lipinski definition) is 0. The third-order valence-corrected chi connectivity index (χ3v) is 3.21. The van der Waals surface area contributed by atoms with Crippen LogP contribution in [0.15, 0.2) is 12.7 Å². The molecule has 2 saturated heterocycles. The van der Waals surface area contributed by atoms with E-state index >= 15 is 0 Å². The van der Waals surface area contributed by atoms with E-state index in [1.165, 1.54) is 0 Å². The molecule has 2 heterocycles. The zero-order valence-electron chi connectivity index (χ0n) is 12.4. The van der Waals surface area contributed by atoms with Gasteiger partial charge >= 0.3 is 5.97 Å². The van der Waals surface area contributed by atoms with Crippen molar-refractivity contribution >= 4 is 5.97 Å². The molecule has 3 atom stereocenters. The van der Waals surface area contributed by atoms with Gasteiger partial charge in [0, 0.05) is 6.08 Å². The van der Waals surface area contributed by atoms with Crippen LogP contribution in [-0.2, 0) is 28.5 Å². The molecule has 2 rings (SSSR count). The highest BCUT2D eigenvalue weighted by Crippen LogP contribution is 2.32. The second-order valence-corrected chi connectivity index (χ2v) is 5.84. The Hall–Kier alpha value is -0.950. The molecule has 0 aromatic heterocycles. The summed E-state index contributed by atoms with van der Waals surface area (Å²) in [6.45, 7) is 11.3. The zero-order chi connectivity index (χ0) is 15.0. The molecule has 2 fully saturated rings. The number of hydrogen-bond acceptors (Lipinski definition) is 6. The van der Waals surface area contributed by atoms with Gasteiger partial charge in [-0.05, 0) is 27.7 Å². The molecule has 0 N–H and O–H groups in total. The minimum absolute atomic E-state index is 0.336. The van der Waals surface area contributed by atoms with Gasteiger partial charge in [0.15, 0.2) is 17.7 Å². The highest BCUT2D eigenvalue weighted by molar-refractivity contribution is 5.81. The molecule has 0 radical (unpaired) electrons. The summed E-state index contributed by atoms with van der Waals surface area (Å²) in [5, 5.41) is 0. The molecule has 6 nitrogen and oxygen atoms in total. The van der Waals surface area contributed by atoms with Gasteiger partial charge in [-0.15, -0.1) is 0 Å². The van der Waals surface area contributed by atoms with Gasteiger partial charge in [0.05, 0.1) is 13.2 Å². The van der Waals surface area contributed by atoms with E-state index in [9.17, 15) is 4.79 Å². The van der Waals surface area contributed by atoms with Gasteiger partial charge in [0.1, 0.15) is 12.2 Å². The lowest BCUT2D eigenvalue weighted by Gasteiger charge is -2.28. The number of rotatable bonds is 4. The van der Waals surface area contributed by atoms with E-state index in [4.69, 9.17) is 23.7 Å². The number of esters is 1. The van der Waals surface area contributed by atoms with E-state index in [2.05, 4.69) is 6.58 Å². The maximum Gasteiger partial charge on any atom is 0.330 e. The Labute approximate surface area is 119 Å². The van der Waals surface area contributed by atoms with Crippen molar-refractivity contribution in [1.82, 2.24) is 0 Å². The third kappa shape index (κ3) is 3.58. The maximum atomic E-state index is 11.5. The van der Waals surface area contributed by atoms with Gasteiger partial charge in [-0.3, -0.25) is 0 Å². The van der Waals surface area contributed by atoms with E-state index in [1.807, 2.05) is 27.7 Å². The van der Waals surface area contributed by atoms with Crippen LogP contribution in [0, 0.1) is 0 Å². The summed E-state index contributed by atoms with van der Waals surface area (Å²) in [4.78, 5) is 11.5. The van der Waals surface area contributed by atoms with Crippen LogP contribution in [0.25, 0.3) is 0 Å². The molecule has 0 amide bonds. The summed E-state index contributed by atoms with van der Waals surface area (Å²) in [7, 11) is 0. The van der Waals surface area contributed by atoms with Crippen LogP contribution in [0.1, 0.15) is 27.7 Å². The van der Waals surface area contributed by atoms with Crippen molar-refractivity contribution in [2.45, 2.75) is 57.6 Å². The molecule has 114 valence electrons. The Morgan fingerprint density at radius 3 is 1.90 bits per heavy atom. The summed E-state index contributed by atoms with van der Waals surface area (Å²) >= 11 is 0. The smallest absolute Gasteiger partial charge is 0.330 e. The Bertz CT molecular complexity index is 363. The first-order chi connectivity index (χ1) is 9.22. The zero-order valence-corrected chi connectivity index (χ0v) is 12.4. The summed E-state index contributed by atoms with van der Waals surface area (Å²) in [5.74, 6) is -1.91. The van der Waals surface area contributed by atoms with Gasteiger partial charge in [-0.2, -0.15) is 0 Å². The van der Waals surface area contributed by atoms with E-state index in [-0.39, 0.29) is 0 Å². The average Bonchev–Trinajstić information content (AvgIpc) is 2.88. The third-order valence-electron chi connectivity index (χ3n) is 3.21. The van der Waals surface area contributed by atoms with Crippen LogP contribution in [-0.4, -0.2) is 49.1 Å². The van der Waals surface area contributed by atoms with E-state index in [0.717, 1.165) is 6.08 Å². The molecule has 0 aromatic carbocycles. The lowest BCUT2D eigenvalue weighted by molar-refractivity contribution is -0.192. The van der Waals surface area contributed by atoms with Crippen LogP contribution in [0.4, 0.5) is 0 Å². The van der Waals surface area contributed by atoms with Crippen molar-refractivity contribution in [1.29, 1.82) is 0 Å². The van der Waals surface area contributed by atoms with Crippen LogP contribution in [0.2, 0.25) is 0 Å². The first kappa shape index (κ1) is 15.4. The fourth-order valence-electron chi connectivity index (χ4n) is 2.33.